The van der Waals surface area contributed by atoms with Crippen LogP contribution in [0.4, 0.5) is 4.39 Å². The van der Waals surface area contributed by atoms with Crippen LogP contribution in [0, 0.1) is 5.82 Å². The third kappa shape index (κ3) is 4.01. The number of amides is 1. The fourth-order valence-electron chi connectivity index (χ4n) is 2.15. The van der Waals surface area contributed by atoms with Gasteiger partial charge in [-0.1, -0.05) is 12.1 Å². The predicted octanol–water partition coefficient (Wildman–Crippen LogP) is 3.88. The number of hydrogen-bond acceptors (Lipinski definition) is 3. The molecule has 0 N–H and O–H groups in total. The van der Waals surface area contributed by atoms with Gasteiger partial charge < -0.3 is 14.4 Å². The van der Waals surface area contributed by atoms with Crippen molar-refractivity contribution in [2.45, 2.75) is 6.54 Å². The first kappa shape index (κ1) is 17.3. The quantitative estimate of drug-likeness (QED) is 0.788. The summed E-state index contributed by atoms with van der Waals surface area (Å²) in [5, 5.41) is 0. The van der Waals surface area contributed by atoms with Crippen LogP contribution >= 0.6 is 15.9 Å². The lowest BCUT2D eigenvalue weighted by molar-refractivity contribution is 0.0784. The molecular weight excluding hydrogens is 365 g/mol. The van der Waals surface area contributed by atoms with E-state index in [1.54, 1.807) is 36.2 Å². The van der Waals surface area contributed by atoms with Crippen molar-refractivity contribution in [2.24, 2.45) is 0 Å². The Morgan fingerprint density at radius 1 is 1.13 bits per heavy atom. The Labute approximate surface area is 142 Å². The highest BCUT2D eigenvalue weighted by Gasteiger charge is 2.17. The number of methoxy groups -OCH3 is 2. The van der Waals surface area contributed by atoms with E-state index < -0.39 is 0 Å². The normalized spacial score (nSPS) is 10.3. The summed E-state index contributed by atoms with van der Waals surface area (Å²) in [5.74, 6) is 0.550. The van der Waals surface area contributed by atoms with Gasteiger partial charge in [0.1, 0.15) is 21.8 Å². The first-order valence-corrected chi connectivity index (χ1v) is 7.67. The average molecular weight is 382 g/mol. The van der Waals surface area contributed by atoms with Gasteiger partial charge in [0.15, 0.2) is 0 Å². The molecule has 2 aromatic carbocycles. The first-order chi connectivity index (χ1) is 11.0. The maximum absolute atomic E-state index is 12.9. The predicted molar refractivity (Wildman–Crippen MR) is 89.4 cm³/mol. The first-order valence-electron chi connectivity index (χ1n) is 6.87. The second kappa shape index (κ2) is 7.46. The minimum atomic E-state index is -0.301. The molecule has 0 fully saturated rings. The Morgan fingerprint density at radius 3 is 2.13 bits per heavy atom. The van der Waals surface area contributed by atoms with E-state index in [-0.39, 0.29) is 11.7 Å². The van der Waals surface area contributed by atoms with Crippen molar-refractivity contribution in [1.82, 2.24) is 4.90 Å². The summed E-state index contributed by atoms with van der Waals surface area (Å²) in [7, 11) is 4.73. The molecule has 0 bridgehead atoms. The van der Waals surface area contributed by atoms with Gasteiger partial charge in [-0.3, -0.25) is 4.79 Å². The average Bonchev–Trinajstić information content (AvgIpc) is 2.56. The molecule has 4 nitrogen and oxygen atoms in total. The van der Waals surface area contributed by atoms with Gasteiger partial charge in [-0.15, -0.1) is 0 Å². The number of nitrogens with zero attached hydrogens (tertiary/aromatic N) is 1. The van der Waals surface area contributed by atoms with Gasteiger partial charge in [-0.2, -0.15) is 0 Å². The Kier molecular flexibility index (Phi) is 5.60. The van der Waals surface area contributed by atoms with Crippen LogP contribution in [-0.2, 0) is 6.54 Å². The molecule has 6 heteroatoms. The van der Waals surface area contributed by atoms with E-state index in [4.69, 9.17) is 9.47 Å². The summed E-state index contributed by atoms with van der Waals surface area (Å²) < 4.78 is 24.1. The highest BCUT2D eigenvalue weighted by Crippen LogP contribution is 2.35. The molecule has 2 rings (SSSR count). The molecule has 0 saturated heterocycles. The Bertz CT molecular complexity index is 678. The van der Waals surface area contributed by atoms with Crippen LogP contribution in [0.1, 0.15) is 15.9 Å². The van der Waals surface area contributed by atoms with Crippen molar-refractivity contribution in [3.8, 4) is 11.5 Å². The van der Waals surface area contributed by atoms with Crippen molar-refractivity contribution in [3.63, 3.8) is 0 Å². The van der Waals surface area contributed by atoms with Gasteiger partial charge in [-0.05, 0) is 45.8 Å². The van der Waals surface area contributed by atoms with E-state index in [0.717, 1.165) is 5.56 Å². The molecule has 122 valence electrons. The minimum absolute atomic E-state index is 0.182. The summed E-state index contributed by atoms with van der Waals surface area (Å²) in [6, 6.07) is 9.36. The molecule has 0 saturated carbocycles. The molecule has 1 amide bonds. The molecule has 0 atom stereocenters. The van der Waals surface area contributed by atoms with E-state index >= 15 is 0 Å². The molecule has 0 aliphatic heterocycles. The Balaban J connectivity index is 2.23. The van der Waals surface area contributed by atoms with Crippen LogP contribution in [0.5, 0.6) is 11.5 Å². The van der Waals surface area contributed by atoms with E-state index in [0.29, 0.717) is 28.1 Å². The van der Waals surface area contributed by atoms with Gasteiger partial charge in [-0.25, -0.2) is 4.39 Å². The van der Waals surface area contributed by atoms with Crippen LogP contribution in [0.25, 0.3) is 0 Å². The minimum Gasteiger partial charge on any atom is -0.495 e. The number of carbonyl (C=O) groups is 1. The number of hydrogen-bond donors (Lipinski definition) is 0. The lowest BCUT2D eigenvalue weighted by atomic mass is 10.1. The number of carbonyl (C=O) groups excluding carboxylic acids is 1. The van der Waals surface area contributed by atoms with Crippen molar-refractivity contribution in [1.29, 1.82) is 0 Å². The number of rotatable bonds is 5. The smallest absolute Gasteiger partial charge is 0.254 e. The summed E-state index contributed by atoms with van der Waals surface area (Å²) in [4.78, 5) is 14.1. The Hall–Kier alpha value is -2.08. The summed E-state index contributed by atoms with van der Waals surface area (Å²) in [6.07, 6.45) is 0. The van der Waals surface area contributed by atoms with Gasteiger partial charge in [0, 0.05) is 19.2 Å². The summed E-state index contributed by atoms with van der Waals surface area (Å²) in [5.41, 5.74) is 1.30. The number of benzene rings is 2. The maximum atomic E-state index is 12.9. The molecular formula is C17H17BrFNO3. The van der Waals surface area contributed by atoms with E-state index in [1.165, 1.54) is 26.4 Å². The summed E-state index contributed by atoms with van der Waals surface area (Å²) in [6.45, 7) is 0.375. The number of halogens is 2. The molecule has 0 radical (unpaired) electrons. The van der Waals surface area contributed by atoms with Gasteiger partial charge in [0.25, 0.3) is 5.91 Å². The highest BCUT2D eigenvalue weighted by atomic mass is 79.9. The molecule has 0 spiro atoms. The van der Waals surface area contributed by atoms with E-state index in [2.05, 4.69) is 15.9 Å². The lowest BCUT2D eigenvalue weighted by Gasteiger charge is -2.19. The molecule has 0 aromatic heterocycles. The monoisotopic (exact) mass is 381 g/mol. The molecule has 2 aromatic rings. The van der Waals surface area contributed by atoms with Crippen LogP contribution < -0.4 is 9.47 Å². The fraction of sp³-hybridized carbons (Fsp3) is 0.235. The van der Waals surface area contributed by atoms with Gasteiger partial charge in [0.05, 0.1) is 14.2 Å². The number of ether oxygens (including phenoxy) is 2. The van der Waals surface area contributed by atoms with Crippen molar-refractivity contribution in [3.05, 3.63) is 57.8 Å². The van der Waals surface area contributed by atoms with Crippen molar-refractivity contribution in [2.75, 3.05) is 21.3 Å². The van der Waals surface area contributed by atoms with Crippen molar-refractivity contribution >= 4 is 21.8 Å². The Morgan fingerprint density at radius 2 is 1.65 bits per heavy atom. The summed E-state index contributed by atoms with van der Waals surface area (Å²) >= 11 is 3.37. The van der Waals surface area contributed by atoms with Crippen LogP contribution in [0.3, 0.4) is 0 Å². The lowest BCUT2D eigenvalue weighted by Crippen LogP contribution is -2.26. The molecule has 0 unspecified atom stereocenters. The maximum Gasteiger partial charge on any atom is 0.254 e. The van der Waals surface area contributed by atoms with Crippen LogP contribution in [-0.4, -0.2) is 32.1 Å². The third-order valence-corrected chi connectivity index (χ3v) is 4.15. The standard InChI is InChI=1S/C17H17BrFNO3/c1-20(10-11-4-6-13(19)7-5-11)17(21)12-8-14(22-2)16(18)15(9-12)23-3/h4-9H,10H2,1-3H3. The zero-order valence-electron chi connectivity index (χ0n) is 13.1. The third-order valence-electron chi connectivity index (χ3n) is 3.37. The van der Waals surface area contributed by atoms with Crippen LogP contribution in [0.2, 0.25) is 0 Å². The molecule has 0 aliphatic rings. The second-order valence-corrected chi connectivity index (χ2v) is 5.78. The zero-order chi connectivity index (χ0) is 17.0. The topological polar surface area (TPSA) is 38.8 Å². The molecule has 23 heavy (non-hydrogen) atoms. The highest BCUT2D eigenvalue weighted by molar-refractivity contribution is 9.10. The second-order valence-electron chi connectivity index (χ2n) is 4.98. The van der Waals surface area contributed by atoms with Crippen molar-refractivity contribution < 1.29 is 18.7 Å². The van der Waals surface area contributed by atoms with E-state index in [1.807, 2.05) is 0 Å². The largest absolute Gasteiger partial charge is 0.495 e. The van der Waals surface area contributed by atoms with Gasteiger partial charge >= 0.3 is 0 Å². The van der Waals surface area contributed by atoms with Gasteiger partial charge in [0.2, 0.25) is 0 Å². The SMILES string of the molecule is COc1cc(C(=O)N(C)Cc2ccc(F)cc2)cc(OC)c1Br. The van der Waals surface area contributed by atoms with Crippen LogP contribution in [0.15, 0.2) is 40.9 Å². The van der Waals surface area contributed by atoms with E-state index in [9.17, 15) is 9.18 Å². The molecule has 0 heterocycles. The fourth-order valence-corrected chi connectivity index (χ4v) is 2.70. The zero-order valence-corrected chi connectivity index (χ0v) is 14.7. The molecule has 0 aliphatic carbocycles.